The van der Waals surface area contributed by atoms with E-state index in [0.717, 1.165) is 21.2 Å². The van der Waals surface area contributed by atoms with Crippen LogP contribution in [0.4, 0.5) is 0 Å². The van der Waals surface area contributed by atoms with E-state index in [9.17, 15) is 4.79 Å². The van der Waals surface area contributed by atoms with Crippen molar-refractivity contribution in [2.45, 2.75) is 20.3 Å². The lowest BCUT2D eigenvalue weighted by Crippen LogP contribution is -2.10. The van der Waals surface area contributed by atoms with Crippen LogP contribution in [0.3, 0.4) is 0 Å². The van der Waals surface area contributed by atoms with Gasteiger partial charge in [0.2, 0.25) is 0 Å². The predicted molar refractivity (Wildman–Crippen MR) is 106 cm³/mol. The van der Waals surface area contributed by atoms with Gasteiger partial charge in [-0.2, -0.15) is 0 Å². The quantitative estimate of drug-likeness (QED) is 0.462. The third-order valence-corrected chi connectivity index (χ3v) is 4.95. The van der Waals surface area contributed by atoms with Gasteiger partial charge in [-0.15, -0.1) is 0 Å². The van der Waals surface area contributed by atoms with Crippen molar-refractivity contribution in [3.63, 3.8) is 0 Å². The molecule has 0 N–H and O–H groups in total. The highest BCUT2D eigenvalue weighted by molar-refractivity contribution is 9.11. The maximum atomic E-state index is 12.4. The van der Waals surface area contributed by atoms with Crippen molar-refractivity contribution < 1.29 is 9.53 Å². The SMILES string of the molecule is CC1=C(Br)C=C(C(=O)Oc2ccc(-c3ccc(C)cc3)cc2)CC=C1. The Morgan fingerprint density at radius 1 is 0.960 bits per heavy atom. The molecule has 0 heterocycles. The summed E-state index contributed by atoms with van der Waals surface area (Å²) in [6.45, 7) is 4.06. The second-order valence-electron chi connectivity index (χ2n) is 6.09. The average molecular weight is 395 g/mol. The molecule has 3 heteroatoms. The maximum absolute atomic E-state index is 12.4. The van der Waals surface area contributed by atoms with E-state index in [4.69, 9.17) is 4.74 Å². The fourth-order valence-corrected chi connectivity index (χ4v) is 2.95. The molecule has 0 radical (unpaired) electrons. The Hall–Kier alpha value is -2.39. The van der Waals surface area contributed by atoms with E-state index >= 15 is 0 Å². The molecular formula is C22H19BrO2. The summed E-state index contributed by atoms with van der Waals surface area (Å²) >= 11 is 3.48. The maximum Gasteiger partial charge on any atom is 0.339 e. The van der Waals surface area contributed by atoms with Gasteiger partial charge in [0.1, 0.15) is 5.75 Å². The number of rotatable bonds is 3. The molecule has 0 amide bonds. The number of esters is 1. The summed E-state index contributed by atoms with van der Waals surface area (Å²) in [4.78, 5) is 12.4. The largest absolute Gasteiger partial charge is 0.423 e. The summed E-state index contributed by atoms with van der Waals surface area (Å²) in [5.74, 6) is 0.228. The summed E-state index contributed by atoms with van der Waals surface area (Å²) in [5, 5.41) is 0. The lowest BCUT2D eigenvalue weighted by Gasteiger charge is -2.08. The second-order valence-corrected chi connectivity index (χ2v) is 6.94. The zero-order chi connectivity index (χ0) is 17.8. The molecule has 0 spiro atoms. The second kappa shape index (κ2) is 7.66. The number of carbonyl (C=O) groups is 1. The zero-order valence-electron chi connectivity index (χ0n) is 14.3. The summed E-state index contributed by atoms with van der Waals surface area (Å²) < 4.78 is 6.42. The Morgan fingerprint density at radius 3 is 2.20 bits per heavy atom. The van der Waals surface area contributed by atoms with Crippen LogP contribution >= 0.6 is 15.9 Å². The summed E-state index contributed by atoms with van der Waals surface area (Å²) in [6, 6.07) is 15.9. The van der Waals surface area contributed by atoms with Crippen molar-refractivity contribution in [1.29, 1.82) is 0 Å². The van der Waals surface area contributed by atoms with Gasteiger partial charge < -0.3 is 4.74 Å². The van der Waals surface area contributed by atoms with Gasteiger partial charge in [0.25, 0.3) is 0 Å². The molecule has 0 bridgehead atoms. The fraction of sp³-hybridized carbons (Fsp3) is 0.136. The van der Waals surface area contributed by atoms with E-state index in [1.807, 2.05) is 49.4 Å². The molecule has 0 atom stereocenters. The van der Waals surface area contributed by atoms with Crippen LogP contribution in [0.5, 0.6) is 5.75 Å². The minimum absolute atomic E-state index is 0.320. The number of aryl methyl sites for hydroxylation is 1. The molecule has 25 heavy (non-hydrogen) atoms. The Kier molecular flexibility index (Phi) is 5.34. The molecule has 3 rings (SSSR count). The van der Waals surface area contributed by atoms with Gasteiger partial charge in [-0.3, -0.25) is 0 Å². The van der Waals surface area contributed by atoms with Crippen molar-refractivity contribution in [2.75, 3.05) is 0 Å². The molecule has 0 aromatic heterocycles. The highest BCUT2D eigenvalue weighted by atomic mass is 79.9. The van der Waals surface area contributed by atoms with E-state index in [1.54, 1.807) is 0 Å². The first kappa shape index (κ1) is 17.4. The van der Waals surface area contributed by atoms with E-state index in [1.165, 1.54) is 5.56 Å². The molecule has 0 fully saturated rings. The molecule has 0 saturated heterocycles. The number of allylic oxidation sites excluding steroid dienone is 5. The number of ether oxygens (including phenoxy) is 1. The highest BCUT2D eigenvalue weighted by Gasteiger charge is 2.14. The van der Waals surface area contributed by atoms with Crippen LogP contribution in [0.1, 0.15) is 18.9 Å². The Balaban J connectivity index is 1.73. The van der Waals surface area contributed by atoms with Gasteiger partial charge in [-0.1, -0.05) is 70.0 Å². The Labute approximate surface area is 156 Å². The van der Waals surface area contributed by atoms with Gasteiger partial charge in [0.05, 0.1) is 0 Å². The number of hydrogen-bond acceptors (Lipinski definition) is 2. The minimum Gasteiger partial charge on any atom is -0.423 e. The number of benzene rings is 2. The van der Waals surface area contributed by atoms with Gasteiger partial charge in [-0.25, -0.2) is 4.79 Å². The van der Waals surface area contributed by atoms with Crippen molar-refractivity contribution in [2.24, 2.45) is 0 Å². The third-order valence-electron chi connectivity index (χ3n) is 4.10. The van der Waals surface area contributed by atoms with Crippen LogP contribution in [0.25, 0.3) is 11.1 Å². The van der Waals surface area contributed by atoms with Crippen molar-refractivity contribution >= 4 is 21.9 Å². The van der Waals surface area contributed by atoms with E-state index in [2.05, 4.69) is 47.1 Å². The van der Waals surface area contributed by atoms with E-state index in [-0.39, 0.29) is 5.97 Å². The molecule has 126 valence electrons. The molecule has 0 unspecified atom stereocenters. The zero-order valence-corrected chi connectivity index (χ0v) is 15.8. The van der Waals surface area contributed by atoms with Crippen LogP contribution in [0, 0.1) is 6.92 Å². The van der Waals surface area contributed by atoms with Crippen LogP contribution in [0.2, 0.25) is 0 Å². The molecule has 1 aliphatic carbocycles. The molecule has 1 aliphatic rings. The predicted octanol–water partition coefficient (Wildman–Crippen LogP) is 6.12. The summed E-state index contributed by atoms with van der Waals surface area (Å²) in [5.41, 5.74) is 5.19. The molecule has 0 aliphatic heterocycles. The first-order chi connectivity index (χ1) is 12.0. The summed E-state index contributed by atoms with van der Waals surface area (Å²) in [7, 11) is 0. The Bertz CT molecular complexity index is 869. The molecule has 0 saturated carbocycles. The van der Waals surface area contributed by atoms with Crippen LogP contribution < -0.4 is 4.74 Å². The van der Waals surface area contributed by atoms with E-state index < -0.39 is 0 Å². The Morgan fingerprint density at radius 2 is 1.56 bits per heavy atom. The van der Waals surface area contributed by atoms with Gasteiger partial charge in [0.15, 0.2) is 0 Å². The third kappa shape index (κ3) is 4.37. The molecule has 2 aromatic carbocycles. The topological polar surface area (TPSA) is 26.3 Å². The minimum atomic E-state index is -0.320. The lowest BCUT2D eigenvalue weighted by atomic mass is 10.0. The molecule has 2 aromatic rings. The van der Waals surface area contributed by atoms with Crippen LogP contribution in [-0.4, -0.2) is 5.97 Å². The number of halogens is 1. The monoisotopic (exact) mass is 394 g/mol. The standard InChI is InChI=1S/C22H19BrO2/c1-15-6-8-17(9-7-15)18-10-12-20(13-11-18)25-22(24)19-5-3-4-16(2)21(23)14-19/h3-4,6-14H,5H2,1-2H3. The molecular weight excluding hydrogens is 376 g/mol. The average Bonchev–Trinajstić information content (AvgIpc) is 2.78. The van der Waals surface area contributed by atoms with E-state index in [0.29, 0.717) is 17.7 Å². The normalized spacial score (nSPS) is 14.1. The van der Waals surface area contributed by atoms with Crippen molar-refractivity contribution in [3.05, 3.63) is 88.0 Å². The number of carbonyl (C=O) groups excluding carboxylic acids is 1. The summed E-state index contributed by atoms with van der Waals surface area (Å²) in [6.07, 6.45) is 6.36. The van der Waals surface area contributed by atoms with Crippen LogP contribution in [-0.2, 0) is 4.79 Å². The molecule has 2 nitrogen and oxygen atoms in total. The highest BCUT2D eigenvalue weighted by Crippen LogP contribution is 2.25. The van der Waals surface area contributed by atoms with Gasteiger partial charge in [0, 0.05) is 10.1 Å². The lowest BCUT2D eigenvalue weighted by molar-refractivity contribution is -0.130. The smallest absolute Gasteiger partial charge is 0.339 e. The van der Waals surface area contributed by atoms with Gasteiger partial charge in [-0.05, 0) is 55.2 Å². The van der Waals surface area contributed by atoms with Gasteiger partial charge >= 0.3 is 5.97 Å². The van der Waals surface area contributed by atoms with Crippen LogP contribution in [0.15, 0.2) is 82.4 Å². The fourth-order valence-electron chi connectivity index (χ4n) is 2.54. The first-order valence-electron chi connectivity index (χ1n) is 8.16. The first-order valence-corrected chi connectivity index (χ1v) is 8.95. The number of hydrogen-bond donors (Lipinski definition) is 0. The van der Waals surface area contributed by atoms with Crippen molar-refractivity contribution in [3.8, 4) is 16.9 Å². The van der Waals surface area contributed by atoms with Crippen molar-refractivity contribution in [1.82, 2.24) is 0 Å².